The number of nitrogens with zero attached hydrogens (tertiary/aromatic N) is 2. The number of nitrogens with one attached hydrogen (secondary N) is 3. The highest BCUT2D eigenvalue weighted by Gasteiger charge is 2.44. The molecule has 2 aliphatic heterocycles. The number of hydrogen-bond donors (Lipinski definition) is 4. The van der Waals surface area contributed by atoms with Crippen LogP contribution in [-0.2, 0) is 35.3 Å². The smallest absolute Gasteiger partial charge is 0.410 e. The van der Waals surface area contributed by atoms with Crippen molar-refractivity contribution in [2.45, 2.75) is 119 Å². The lowest BCUT2D eigenvalue weighted by atomic mass is 9.76. The summed E-state index contributed by atoms with van der Waals surface area (Å²) >= 11 is 0. The zero-order valence-corrected chi connectivity index (χ0v) is 34.1. The van der Waals surface area contributed by atoms with E-state index in [0.29, 0.717) is 56.9 Å². The topological polar surface area (TPSA) is 197 Å². The number of urea groups is 1. The molecule has 306 valence electrons. The third-order valence-corrected chi connectivity index (χ3v) is 10.7. The first-order chi connectivity index (χ1) is 25.7. The van der Waals surface area contributed by atoms with Crippen LogP contribution in [-0.4, -0.2) is 83.6 Å². The van der Waals surface area contributed by atoms with E-state index in [1.165, 1.54) is 4.90 Å². The lowest BCUT2D eigenvalue weighted by molar-refractivity contribution is -0.140. The number of ether oxygens (including phenoxy) is 1. The van der Waals surface area contributed by atoms with Gasteiger partial charge in [0.2, 0.25) is 23.6 Å². The minimum atomic E-state index is -0.807. The van der Waals surface area contributed by atoms with Crippen molar-refractivity contribution in [2.24, 2.45) is 40.2 Å². The lowest BCUT2D eigenvalue weighted by Gasteiger charge is -2.45. The molecule has 2 aliphatic rings. The molecule has 0 aromatic heterocycles. The van der Waals surface area contributed by atoms with E-state index >= 15 is 0 Å². The van der Waals surface area contributed by atoms with E-state index in [1.807, 2.05) is 34.6 Å². The summed E-state index contributed by atoms with van der Waals surface area (Å²) in [4.78, 5) is 91.9. The number of likely N-dealkylation sites (tertiary alicyclic amines) is 2. The summed E-state index contributed by atoms with van der Waals surface area (Å²) in [5.74, 6) is -2.09. The van der Waals surface area contributed by atoms with E-state index in [0.717, 1.165) is 5.56 Å². The number of imide groups is 1. The largest absolute Gasteiger partial charge is 0.445 e. The zero-order valence-electron chi connectivity index (χ0n) is 34.1. The number of rotatable bonds is 19. The van der Waals surface area contributed by atoms with Crippen LogP contribution in [0.3, 0.4) is 0 Å². The van der Waals surface area contributed by atoms with Gasteiger partial charge in [0.25, 0.3) is 0 Å². The van der Waals surface area contributed by atoms with Gasteiger partial charge in [0.1, 0.15) is 6.61 Å². The normalized spacial score (nSPS) is 17.4. The number of carbonyl (C=O) groups is 7. The number of Topliss-reactive ketones (excluding diaryl/α,β-unsaturated/α-hetero) is 1. The second kappa shape index (κ2) is 19.9. The molecule has 3 atom stereocenters. The summed E-state index contributed by atoms with van der Waals surface area (Å²) in [7, 11) is 0. The van der Waals surface area contributed by atoms with Crippen LogP contribution in [0, 0.1) is 34.5 Å². The molecule has 2 heterocycles. The monoisotopic (exact) mass is 768 g/mol. The molecular weight excluding hydrogens is 704 g/mol. The summed E-state index contributed by atoms with van der Waals surface area (Å²) < 4.78 is 5.48. The van der Waals surface area contributed by atoms with Gasteiger partial charge in [-0.05, 0) is 66.0 Å². The van der Waals surface area contributed by atoms with Crippen molar-refractivity contribution in [3.8, 4) is 0 Å². The minimum absolute atomic E-state index is 0.0920. The van der Waals surface area contributed by atoms with Crippen molar-refractivity contribution >= 4 is 47.2 Å². The van der Waals surface area contributed by atoms with Gasteiger partial charge in [0, 0.05) is 57.0 Å². The van der Waals surface area contributed by atoms with Crippen LogP contribution in [0.4, 0.5) is 15.3 Å². The van der Waals surface area contributed by atoms with Gasteiger partial charge in [0.15, 0.2) is 5.78 Å². The number of benzene rings is 1. The predicted octanol–water partition coefficient (Wildman–Crippen LogP) is 5.39. The van der Waals surface area contributed by atoms with E-state index in [4.69, 9.17) is 10.5 Å². The number of unbranched alkanes of at least 4 members (excludes halogenated alkanes) is 2. The maximum Gasteiger partial charge on any atom is 0.410 e. The van der Waals surface area contributed by atoms with Crippen LogP contribution in [0.15, 0.2) is 24.3 Å². The molecule has 14 nitrogen and oxygen atoms in total. The number of hydrogen-bond acceptors (Lipinski definition) is 8. The van der Waals surface area contributed by atoms with Gasteiger partial charge < -0.3 is 31.3 Å². The van der Waals surface area contributed by atoms with Crippen molar-refractivity contribution in [2.75, 3.05) is 31.5 Å². The van der Waals surface area contributed by atoms with E-state index in [9.17, 15) is 33.6 Å². The predicted molar refractivity (Wildman–Crippen MR) is 209 cm³/mol. The molecule has 0 bridgehead atoms. The number of amides is 7. The van der Waals surface area contributed by atoms with Crippen LogP contribution in [0.2, 0.25) is 0 Å². The van der Waals surface area contributed by atoms with Gasteiger partial charge >= 0.3 is 12.1 Å². The quantitative estimate of drug-likeness (QED) is 0.106. The number of carbonyl (C=O) groups excluding carboxylic acids is 7. The molecule has 1 unspecified atom stereocenters. The van der Waals surface area contributed by atoms with Crippen LogP contribution in [0.5, 0.6) is 0 Å². The van der Waals surface area contributed by atoms with Gasteiger partial charge in [-0.3, -0.25) is 28.9 Å². The van der Waals surface area contributed by atoms with Crippen molar-refractivity contribution in [1.29, 1.82) is 0 Å². The fourth-order valence-electron chi connectivity index (χ4n) is 6.79. The van der Waals surface area contributed by atoms with E-state index in [-0.39, 0.29) is 97.0 Å². The molecule has 14 heteroatoms. The Labute approximate surface area is 326 Å². The molecule has 7 amide bonds. The van der Waals surface area contributed by atoms with Crippen LogP contribution >= 0.6 is 0 Å². The van der Waals surface area contributed by atoms with Gasteiger partial charge in [-0.1, -0.05) is 73.9 Å². The molecule has 0 saturated carbocycles. The Morgan fingerprint density at radius 1 is 0.909 bits per heavy atom. The molecule has 55 heavy (non-hydrogen) atoms. The first-order valence-corrected chi connectivity index (χ1v) is 19.7. The van der Waals surface area contributed by atoms with Crippen molar-refractivity contribution < 1.29 is 38.3 Å². The summed E-state index contributed by atoms with van der Waals surface area (Å²) in [5, 5.41) is 8.24. The van der Waals surface area contributed by atoms with E-state index in [1.54, 1.807) is 29.2 Å². The standard InChI is InChI=1S/C41H64N6O8/c1-26(2)35(45-33(49)14-10-9-11-20-47-34(50)22-31(37(47)52)41(6,7)8)32(48)21-28(13-12-19-43-38(42)53)36(51)44-30-17-15-27(16-18-30)25-55-39(54)46-23-29(24-46)40(3,4)5/h15-18,26,28-29,31,35H,9-14,19-25H2,1-8H3,(H,44,51)(H,45,49)(H3,42,43,53)/t28-,31?,35+/m1/s1. The van der Waals surface area contributed by atoms with Crippen LogP contribution in [0.25, 0.3) is 0 Å². The first kappa shape index (κ1) is 44.9. The van der Waals surface area contributed by atoms with E-state index in [2.05, 4.69) is 36.7 Å². The summed E-state index contributed by atoms with van der Waals surface area (Å²) in [6.07, 6.45) is 2.36. The Morgan fingerprint density at radius 3 is 2.13 bits per heavy atom. The van der Waals surface area contributed by atoms with Gasteiger partial charge in [0.05, 0.1) is 12.0 Å². The lowest BCUT2D eigenvalue weighted by Crippen LogP contribution is -2.54. The maximum atomic E-state index is 13.6. The highest BCUT2D eigenvalue weighted by molar-refractivity contribution is 6.04. The van der Waals surface area contributed by atoms with Crippen molar-refractivity contribution in [3.05, 3.63) is 29.8 Å². The molecule has 0 radical (unpaired) electrons. The fourth-order valence-corrected chi connectivity index (χ4v) is 6.79. The summed E-state index contributed by atoms with van der Waals surface area (Å²) in [6.45, 7) is 18.0. The first-order valence-electron chi connectivity index (χ1n) is 19.7. The number of nitrogens with two attached hydrogens (primary N) is 1. The van der Waals surface area contributed by atoms with Crippen LogP contribution < -0.4 is 21.7 Å². The van der Waals surface area contributed by atoms with Gasteiger partial charge in [-0.2, -0.15) is 0 Å². The molecule has 0 aliphatic carbocycles. The average Bonchev–Trinajstić information content (AvgIpc) is 3.35. The number of anilines is 1. The fraction of sp³-hybridized carbons (Fsp3) is 0.683. The second-order valence-electron chi connectivity index (χ2n) is 17.6. The Hall–Kier alpha value is -4.49. The summed E-state index contributed by atoms with van der Waals surface area (Å²) in [6, 6.07) is 5.43. The molecule has 1 aromatic carbocycles. The van der Waals surface area contributed by atoms with Gasteiger partial charge in [-0.25, -0.2) is 9.59 Å². The Morgan fingerprint density at radius 2 is 1.56 bits per heavy atom. The molecule has 2 saturated heterocycles. The molecule has 2 fully saturated rings. The Kier molecular flexibility index (Phi) is 16.2. The summed E-state index contributed by atoms with van der Waals surface area (Å²) in [5.41, 5.74) is 6.30. The second-order valence-corrected chi connectivity index (χ2v) is 17.6. The highest BCUT2D eigenvalue weighted by atomic mass is 16.6. The SMILES string of the molecule is CC(C)[C@H](NC(=O)CCCCCN1C(=O)CC(C(C)(C)C)C1=O)C(=O)C[C@@H](CCCNC(N)=O)C(=O)Nc1ccc(COC(=O)N2CC(C(C)(C)C)C2)cc1. The molecule has 3 rings (SSSR count). The third-order valence-electron chi connectivity index (χ3n) is 10.7. The van der Waals surface area contributed by atoms with Crippen LogP contribution in [0.1, 0.15) is 112 Å². The Bertz CT molecular complexity index is 1520. The average molecular weight is 769 g/mol. The zero-order chi connectivity index (χ0) is 41.1. The highest BCUT2D eigenvalue weighted by Crippen LogP contribution is 2.36. The molecular formula is C41H64N6O8. The third kappa shape index (κ3) is 13.9. The Balaban J connectivity index is 1.50. The molecule has 0 spiro atoms. The maximum absolute atomic E-state index is 13.6. The minimum Gasteiger partial charge on any atom is -0.445 e. The van der Waals surface area contributed by atoms with Crippen molar-refractivity contribution in [1.82, 2.24) is 20.4 Å². The number of primary amides is 1. The molecule has 5 N–H and O–H groups in total. The van der Waals surface area contributed by atoms with E-state index < -0.39 is 18.0 Å². The van der Waals surface area contributed by atoms with Gasteiger partial charge in [-0.15, -0.1) is 0 Å². The molecule has 1 aromatic rings. The number of ketones is 1. The van der Waals surface area contributed by atoms with Crippen molar-refractivity contribution in [3.63, 3.8) is 0 Å².